The first-order valence-electron chi connectivity index (χ1n) is 7.54. The van der Waals surface area contributed by atoms with Crippen LogP contribution in [0, 0.1) is 0 Å². The summed E-state index contributed by atoms with van der Waals surface area (Å²) in [5, 5.41) is 2.97. The molecule has 1 rings (SSSR count). The fourth-order valence-corrected chi connectivity index (χ4v) is 2.18. The number of nitrogens with two attached hydrogens (primary N) is 1. The van der Waals surface area contributed by atoms with E-state index in [1.807, 2.05) is 45.0 Å². The third kappa shape index (κ3) is 5.46. The number of hydrogen-bond donors (Lipinski definition) is 2. The molecule has 5 nitrogen and oxygen atoms in total. The lowest BCUT2D eigenvalue weighted by atomic mass is 10.1. The van der Waals surface area contributed by atoms with Gasteiger partial charge in [0.25, 0.3) is 0 Å². The smallest absolute Gasteiger partial charge is 0.241 e. The summed E-state index contributed by atoms with van der Waals surface area (Å²) < 4.78 is 5.36. The van der Waals surface area contributed by atoms with Crippen molar-refractivity contribution < 1.29 is 9.53 Å². The first-order chi connectivity index (χ1) is 10.1. The minimum Gasteiger partial charge on any atom is -0.380 e. The summed E-state index contributed by atoms with van der Waals surface area (Å²) in [5.41, 5.74) is 7.42. The number of carbonyl (C=O) groups is 1. The molecule has 0 aliphatic heterocycles. The van der Waals surface area contributed by atoms with Gasteiger partial charge in [0.15, 0.2) is 0 Å². The van der Waals surface area contributed by atoms with E-state index < -0.39 is 0 Å². The Bertz CT molecular complexity index is 437. The Labute approximate surface area is 127 Å². The second-order valence-electron chi connectivity index (χ2n) is 4.85. The SMILES string of the molecule is CCOCCN(CC)C(C)C(=O)Nc1ccccc1CN. The maximum Gasteiger partial charge on any atom is 0.241 e. The molecule has 0 aliphatic rings. The lowest BCUT2D eigenvalue weighted by molar-refractivity contribution is -0.120. The van der Waals surface area contributed by atoms with E-state index in [9.17, 15) is 4.79 Å². The summed E-state index contributed by atoms with van der Waals surface area (Å²) in [4.78, 5) is 14.5. The van der Waals surface area contributed by atoms with Crippen molar-refractivity contribution in [3.8, 4) is 0 Å². The number of benzene rings is 1. The second-order valence-corrected chi connectivity index (χ2v) is 4.85. The van der Waals surface area contributed by atoms with E-state index in [1.165, 1.54) is 0 Å². The van der Waals surface area contributed by atoms with Crippen molar-refractivity contribution in [2.75, 3.05) is 31.6 Å². The quantitative estimate of drug-likeness (QED) is 0.682. The number of anilines is 1. The molecule has 0 aromatic heterocycles. The van der Waals surface area contributed by atoms with Gasteiger partial charge in [-0.3, -0.25) is 9.69 Å². The summed E-state index contributed by atoms with van der Waals surface area (Å²) >= 11 is 0. The molecule has 1 unspecified atom stereocenters. The lowest BCUT2D eigenvalue weighted by Gasteiger charge is -2.27. The normalized spacial score (nSPS) is 12.4. The highest BCUT2D eigenvalue weighted by molar-refractivity contribution is 5.95. The van der Waals surface area contributed by atoms with E-state index in [1.54, 1.807) is 0 Å². The molecule has 1 aromatic carbocycles. The van der Waals surface area contributed by atoms with Crippen molar-refractivity contribution >= 4 is 11.6 Å². The zero-order valence-electron chi connectivity index (χ0n) is 13.3. The number of hydrogen-bond acceptors (Lipinski definition) is 4. The Balaban J connectivity index is 2.63. The highest BCUT2D eigenvalue weighted by Gasteiger charge is 2.20. The molecule has 1 atom stereocenters. The van der Waals surface area contributed by atoms with Gasteiger partial charge < -0.3 is 15.8 Å². The maximum atomic E-state index is 12.4. The van der Waals surface area contributed by atoms with Crippen LogP contribution < -0.4 is 11.1 Å². The number of nitrogens with zero attached hydrogens (tertiary/aromatic N) is 1. The van der Waals surface area contributed by atoms with Crippen molar-refractivity contribution in [3.05, 3.63) is 29.8 Å². The van der Waals surface area contributed by atoms with Crippen LogP contribution in [-0.2, 0) is 16.1 Å². The third-order valence-corrected chi connectivity index (χ3v) is 3.56. The number of carbonyl (C=O) groups excluding carboxylic acids is 1. The number of ether oxygens (including phenoxy) is 1. The Morgan fingerprint density at radius 2 is 2.10 bits per heavy atom. The molecule has 118 valence electrons. The van der Waals surface area contributed by atoms with Crippen LogP contribution in [-0.4, -0.2) is 43.2 Å². The van der Waals surface area contributed by atoms with Gasteiger partial charge in [0, 0.05) is 25.4 Å². The summed E-state index contributed by atoms with van der Waals surface area (Å²) in [6.45, 7) is 9.23. The Morgan fingerprint density at radius 3 is 2.71 bits per heavy atom. The molecule has 0 saturated carbocycles. The molecule has 0 aliphatic carbocycles. The van der Waals surface area contributed by atoms with E-state index in [0.29, 0.717) is 19.8 Å². The lowest BCUT2D eigenvalue weighted by Crippen LogP contribution is -2.43. The van der Waals surface area contributed by atoms with E-state index in [-0.39, 0.29) is 11.9 Å². The molecule has 0 bridgehead atoms. The Morgan fingerprint density at radius 1 is 1.38 bits per heavy atom. The van der Waals surface area contributed by atoms with E-state index in [4.69, 9.17) is 10.5 Å². The second kappa shape index (κ2) is 9.50. The number of nitrogens with one attached hydrogen (secondary N) is 1. The standard InChI is InChI=1S/C16H27N3O2/c1-4-19(10-11-21-5-2)13(3)16(20)18-15-9-7-6-8-14(15)12-17/h6-9,13H,4-5,10-12,17H2,1-3H3,(H,18,20). The molecule has 1 amide bonds. The van der Waals surface area contributed by atoms with E-state index >= 15 is 0 Å². The number of rotatable bonds is 9. The molecule has 0 heterocycles. The van der Waals surface area contributed by atoms with Gasteiger partial charge in [0.1, 0.15) is 0 Å². The van der Waals surface area contributed by atoms with Crippen LogP contribution in [0.4, 0.5) is 5.69 Å². The van der Waals surface area contributed by atoms with Crippen LogP contribution in [0.1, 0.15) is 26.3 Å². The monoisotopic (exact) mass is 293 g/mol. The number of likely N-dealkylation sites (N-methyl/N-ethyl adjacent to an activating group) is 1. The summed E-state index contributed by atoms with van der Waals surface area (Å²) in [5.74, 6) is -0.0192. The average molecular weight is 293 g/mol. The van der Waals surface area contributed by atoms with Crippen LogP contribution >= 0.6 is 0 Å². The van der Waals surface area contributed by atoms with Gasteiger partial charge in [-0.15, -0.1) is 0 Å². The minimum atomic E-state index is -0.207. The maximum absolute atomic E-state index is 12.4. The van der Waals surface area contributed by atoms with Gasteiger partial charge in [0.2, 0.25) is 5.91 Å². The first kappa shape index (κ1) is 17.6. The Hall–Kier alpha value is -1.43. The highest BCUT2D eigenvalue weighted by Crippen LogP contribution is 2.15. The third-order valence-electron chi connectivity index (χ3n) is 3.56. The fraction of sp³-hybridized carbons (Fsp3) is 0.562. The van der Waals surface area contributed by atoms with Crippen LogP contribution in [0.3, 0.4) is 0 Å². The minimum absolute atomic E-state index is 0.0192. The zero-order valence-corrected chi connectivity index (χ0v) is 13.3. The average Bonchev–Trinajstić information content (AvgIpc) is 2.51. The van der Waals surface area contributed by atoms with E-state index in [2.05, 4.69) is 10.2 Å². The van der Waals surface area contributed by atoms with Gasteiger partial charge in [-0.2, -0.15) is 0 Å². The first-order valence-corrected chi connectivity index (χ1v) is 7.54. The van der Waals surface area contributed by atoms with Crippen LogP contribution in [0.25, 0.3) is 0 Å². The molecular formula is C16H27N3O2. The Kier molecular flexibility index (Phi) is 7.97. The van der Waals surface area contributed by atoms with Crippen molar-refractivity contribution in [2.45, 2.75) is 33.4 Å². The topological polar surface area (TPSA) is 67.6 Å². The highest BCUT2D eigenvalue weighted by atomic mass is 16.5. The van der Waals surface area contributed by atoms with Crippen LogP contribution in [0.15, 0.2) is 24.3 Å². The van der Waals surface area contributed by atoms with Crippen molar-refractivity contribution in [2.24, 2.45) is 5.73 Å². The van der Waals surface area contributed by atoms with Gasteiger partial charge in [0.05, 0.1) is 12.6 Å². The molecule has 0 saturated heterocycles. The van der Waals surface area contributed by atoms with Crippen molar-refractivity contribution in [1.82, 2.24) is 4.90 Å². The summed E-state index contributed by atoms with van der Waals surface area (Å²) in [7, 11) is 0. The molecule has 5 heteroatoms. The van der Waals surface area contributed by atoms with Gasteiger partial charge in [-0.25, -0.2) is 0 Å². The predicted octanol–water partition coefficient (Wildman–Crippen LogP) is 1.83. The summed E-state index contributed by atoms with van der Waals surface area (Å²) in [6.07, 6.45) is 0. The predicted molar refractivity (Wildman–Crippen MR) is 86.2 cm³/mol. The van der Waals surface area contributed by atoms with E-state index in [0.717, 1.165) is 24.3 Å². The summed E-state index contributed by atoms with van der Waals surface area (Å²) in [6, 6.07) is 7.41. The molecule has 3 N–H and O–H groups in total. The van der Waals surface area contributed by atoms with Gasteiger partial charge >= 0.3 is 0 Å². The molecule has 21 heavy (non-hydrogen) atoms. The number of amides is 1. The molecular weight excluding hydrogens is 266 g/mol. The molecule has 0 fully saturated rings. The largest absolute Gasteiger partial charge is 0.380 e. The zero-order chi connectivity index (χ0) is 15.7. The molecule has 0 radical (unpaired) electrons. The fourth-order valence-electron chi connectivity index (χ4n) is 2.18. The van der Waals surface area contributed by atoms with Gasteiger partial charge in [-0.05, 0) is 32.0 Å². The van der Waals surface area contributed by atoms with Crippen molar-refractivity contribution in [3.63, 3.8) is 0 Å². The van der Waals surface area contributed by atoms with Gasteiger partial charge in [-0.1, -0.05) is 25.1 Å². The molecule has 1 aromatic rings. The van der Waals surface area contributed by atoms with Crippen molar-refractivity contribution in [1.29, 1.82) is 0 Å². The van der Waals surface area contributed by atoms with Crippen LogP contribution in [0.5, 0.6) is 0 Å². The van der Waals surface area contributed by atoms with Crippen LogP contribution in [0.2, 0.25) is 0 Å². The molecule has 0 spiro atoms. The number of para-hydroxylation sites is 1.